The third-order valence-electron chi connectivity index (χ3n) is 3.20. The van der Waals surface area contributed by atoms with E-state index in [-0.39, 0.29) is 11.6 Å². The highest BCUT2D eigenvalue weighted by molar-refractivity contribution is 7.85. The molecular weight excluding hydrogens is 266 g/mol. The van der Waals surface area contributed by atoms with E-state index in [4.69, 9.17) is 4.74 Å². The summed E-state index contributed by atoms with van der Waals surface area (Å²) in [5.41, 5.74) is 0.789. The van der Waals surface area contributed by atoms with Gasteiger partial charge in [0.25, 0.3) is 0 Å². The lowest BCUT2D eigenvalue weighted by molar-refractivity contribution is 0.0698. The van der Waals surface area contributed by atoms with Crippen molar-refractivity contribution >= 4 is 22.5 Å². The van der Waals surface area contributed by atoms with Crippen LogP contribution in [0.5, 0.6) is 5.75 Å². The molecule has 1 saturated heterocycles. The maximum atomic E-state index is 11.3. The molecule has 0 atom stereocenters. The summed E-state index contributed by atoms with van der Waals surface area (Å²) in [4.78, 5) is 11.2. The number of ether oxygens (including phenoxy) is 1. The van der Waals surface area contributed by atoms with Gasteiger partial charge in [0.15, 0.2) is 0 Å². The molecule has 1 aromatic carbocycles. The number of hydrogen-bond acceptors (Lipinski definition) is 4. The molecule has 19 heavy (non-hydrogen) atoms. The minimum atomic E-state index is -0.968. The van der Waals surface area contributed by atoms with Crippen LogP contribution in [0.15, 0.2) is 18.2 Å². The number of benzene rings is 1. The third-order valence-corrected chi connectivity index (χ3v) is 4.59. The average molecular weight is 283 g/mol. The number of anilines is 1. The van der Waals surface area contributed by atoms with Crippen LogP contribution < -0.4 is 10.1 Å². The molecule has 1 aromatic rings. The van der Waals surface area contributed by atoms with Gasteiger partial charge < -0.3 is 15.2 Å². The quantitative estimate of drug-likeness (QED) is 0.880. The summed E-state index contributed by atoms with van der Waals surface area (Å²) >= 11 is 0. The van der Waals surface area contributed by atoms with Crippen LogP contribution in [0.1, 0.15) is 23.2 Å². The molecule has 0 spiro atoms. The van der Waals surface area contributed by atoms with Crippen molar-refractivity contribution in [1.29, 1.82) is 0 Å². The van der Waals surface area contributed by atoms with Crippen LogP contribution in [0.4, 0.5) is 5.69 Å². The summed E-state index contributed by atoms with van der Waals surface area (Å²) in [6.07, 6.45) is 1.59. The minimum Gasteiger partial charge on any atom is -0.497 e. The van der Waals surface area contributed by atoms with Gasteiger partial charge in [-0.1, -0.05) is 0 Å². The molecule has 0 aliphatic carbocycles. The number of carboxylic acids is 1. The third kappa shape index (κ3) is 3.47. The number of nitrogens with one attached hydrogen (secondary N) is 1. The first-order chi connectivity index (χ1) is 9.10. The number of aromatic carboxylic acids is 1. The van der Waals surface area contributed by atoms with E-state index in [1.165, 1.54) is 6.07 Å². The fraction of sp³-hybridized carbons (Fsp3) is 0.462. The molecule has 104 valence electrons. The van der Waals surface area contributed by atoms with Gasteiger partial charge in [-0.2, -0.15) is 0 Å². The van der Waals surface area contributed by atoms with Gasteiger partial charge in [0.05, 0.1) is 18.4 Å². The molecule has 1 fully saturated rings. The summed E-state index contributed by atoms with van der Waals surface area (Å²) < 4.78 is 16.4. The Kier molecular flexibility index (Phi) is 4.42. The van der Waals surface area contributed by atoms with Gasteiger partial charge in [-0.05, 0) is 25.0 Å². The van der Waals surface area contributed by atoms with Gasteiger partial charge in [0.2, 0.25) is 0 Å². The van der Waals surface area contributed by atoms with Gasteiger partial charge in [0.1, 0.15) is 5.75 Å². The van der Waals surface area contributed by atoms with Gasteiger partial charge >= 0.3 is 5.97 Å². The van der Waals surface area contributed by atoms with Gasteiger partial charge in [-0.15, -0.1) is 0 Å². The van der Waals surface area contributed by atoms with Crippen molar-refractivity contribution in [3.8, 4) is 5.75 Å². The van der Waals surface area contributed by atoms with Crippen LogP contribution in [0, 0.1) is 0 Å². The molecule has 2 N–H and O–H groups in total. The van der Waals surface area contributed by atoms with Crippen molar-refractivity contribution in [1.82, 2.24) is 0 Å². The van der Waals surface area contributed by atoms with Gasteiger partial charge in [-0.3, -0.25) is 4.21 Å². The Labute approximate surface area is 114 Å². The molecule has 0 radical (unpaired) electrons. The molecule has 0 bridgehead atoms. The zero-order chi connectivity index (χ0) is 13.8. The molecule has 1 aliphatic rings. The molecule has 0 aromatic heterocycles. The highest BCUT2D eigenvalue weighted by Gasteiger charge is 2.20. The van der Waals surface area contributed by atoms with Crippen LogP contribution in [0.3, 0.4) is 0 Å². The topological polar surface area (TPSA) is 75.6 Å². The number of methoxy groups -OCH3 is 1. The molecule has 1 aliphatic heterocycles. The molecule has 6 heteroatoms. The normalized spacial score (nSPS) is 22.8. The predicted molar refractivity (Wildman–Crippen MR) is 74.5 cm³/mol. The molecule has 1 heterocycles. The van der Waals surface area contributed by atoms with Crippen molar-refractivity contribution < 1.29 is 18.8 Å². The molecule has 0 amide bonds. The first-order valence-corrected chi connectivity index (χ1v) is 7.62. The van der Waals surface area contributed by atoms with Crippen molar-refractivity contribution in [2.24, 2.45) is 0 Å². The molecule has 0 unspecified atom stereocenters. The first kappa shape index (κ1) is 13.9. The second kappa shape index (κ2) is 6.06. The first-order valence-electron chi connectivity index (χ1n) is 6.13. The van der Waals surface area contributed by atoms with Gasteiger partial charge in [-0.25, -0.2) is 4.79 Å². The number of carboxylic acid groups (broad SMARTS) is 1. The number of rotatable bonds is 4. The maximum absolute atomic E-state index is 11.3. The average Bonchev–Trinajstić information content (AvgIpc) is 2.41. The fourth-order valence-electron chi connectivity index (χ4n) is 2.11. The van der Waals surface area contributed by atoms with E-state index >= 15 is 0 Å². The zero-order valence-electron chi connectivity index (χ0n) is 10.7. The summed E-state index contributed by atoms with van der Waals surface area (Å²) in [6.45, 7) is 0. The van der Waals surface area contributed by atoms with E-state index in [1.807, 2.05) is 0 Å². The van der Waals surface area contributed by atoms with Gasteiger partial charge in [0, 0.05) is 34.4 Å². The summed E-state index contributed by atoms with van der Waals surface area (Å²) in [7, 11) is 0.825. The van der Waals surface area contributed by atoms with E-state index in [1.54, 1.807) is 19.2 Å². The number of hydrogen-bond donors (Lipinski definition) is 2. The Bertz CT molecular complexity index is 493. The monoisotopic (exact) mass is 283 g/mol. The lowest BCUT2D eigenvalue weighted by atomic mass is 10.1. The Morgan fingerprint density at radius 1 is 1.42 bits per heavy atom. The molecule has 2 rings (SSSR count). The molecular formula is C13H17NO4S. The van der Waals surface area contributed by atoms with Crippen molar-refractivity contribution in [2.75, 3.05) is 23.9 Å². The van der Waals surface area contributed by atoms with E-state index < -0.39 is 16.8 Å². The maximum Gasteiger partial charge on any atom is 0.337 e. The van der Waals surface area contributed by atoms with Crippen LogP contribution in [0.25, 0.3) is 0 Å². The van der Waals surface area contributed by atoms with Crippen LogP contribution >= 0.6 is 0 Å². The highest BCUT2D eigenvalue weighted by Crippen LogP contribution is 2.25. The lowest BCUT2D eigenvalue weighted by Gasteiger charge is -2.24. The van der Waals surface area contributed by atoms with Crippen LogP contribution in [-0.2, 0) is 10.8 Å². The minimum absolute atomic E-state index is 0.169. The van der Waals surface area contributed by atoms with E-state index in [2.05, 4.69) is 5.32 Å². The fourth-order valence-corrected chi connectivity index (χ4v) is 3.41. The molecule has 5 nitrogen and oxygen atoms in total. The van der Waals surface area contributed by atoms with E-state index in [0.717, 1.165) is 12.8 Å². The van der Waals surface area contributed by atoms with Crippen LogP contribution in [-0.4, -0.2) is 39.9 Å². The summed E-state index contributed by atoms with van der Waals surface area (Å²) in [5, 5.41) is 12.4. The Morgan fingerprint density at radius 3 is 2.68 bits per heavy atom. The standard InChI is InChI=1S/C13H17NO4S/c1-18-10-2-3-11(13(15)16)12(8-10)14-9-4-6-19(17)7-5-9/h2-3,8-9,14H,4-7H2,1H3,(H,15,16). The zero-order valence-corrected chi connectivity index (χ0v) is 11.5. The Hall–Kier alpha value is -1.56. The second-order valence-electron chi connectivity index (χ2n) is 4.48. The second-order valence-corrected chi connectivity index (χ2v) is 6.18. The lowest BCUT2D eigenvalue weighted by Crippen LogP contribution is -2.30. The summed E-state index contributed by atoms with van der Waals surface area (Å²) in [5.74, 6) is 0.991. The van der Waals surface area contributed by atoms with Crippen LogP contribution in [0.2, 0.25) is 0 Å². The number of carbonyl (C=O) groups is 1. The predicted octanol–water partition coefficient (Wildman–Crippen LogP) is 1.72. The Morgan fingerprint density at radius 2 is 2.11 bits per heavy atom. The van der Waals surface area contributed by atoms with Crippen molar-refractivity contribution in [2.45, 2.75) is 18.9 Å². The SMILES string of the molecule is COc1ccc(C(=O)O)c(NC2CCS(=O)CC2)c1. The summed E-state index contributed by atoms with van der Waals surface area (Å²) in [6, 6.07) is 5.02. The smallest absolute Gasteiger partial charge is 0.337 e. The Balaban J connectivity index is 2.17. The van der Waals surface area contributed by atoms with Crippen molar-refractivity contribution in [3.63, 3.8) is 0 Å². The van der Waals surface area contributed by atoms with Crippen molar-refractivity contribution in [3.05, 3.63) is 23.8 Å². The van der Waals surface area contributed by atoms with E-state index in [9.17, 15) is 14.1 Å². The molecule has 0 saturated carbocycles. The highest BCUT2D eigenvalue weighted by atomic mass is 32.2. The largest absolute Gasteiger partial charge is 0.497 e. The van der Waals surface area contributed by atoms with E-state index in [0.29, 0.717) is 22.9 Å².